The minimum atomic E-state index is 0.486. The van der Waals surface area contributed by atoms with Gasteiger partial charge in [0.05, 0.1) is 0 Å². The van der Waals surface area contributed by atoms with Gasteiger partial charge in [0.2, 0.25) is 0 Å². The Morgan fingerprint density at radius 1 is 1.53 bits per heavy atom. The number of piperazine rings is 1. The molecule has 2 unspecified atom stereocenters. The summed E-state index contributed by atoms with van der Waals surface area (Å²) in [4.78, 5) is 6.94. The lowest BCUT2D eigenvalue weighted by Crippen LogP contribution is -2.44. The van der Waals surface area contributed by atoms with Gasteiger partial charge < -0.3 is 16.0 Å². The lowest BCUT2D eigenvalue weighted by molar-refractivity contribution is 0.576. The molecule has 2 aliphatic heterocycles. The van der Waals surface area contributed by atoms with E-state index in [-0.39, 0.29) is 0 Å². The third-order valence-corrected chi connectivity index (χ3v) is 4.72. The molecule has 2 fully saturated rings. The number of anilines is 2. The number of nitrogens with two attached hydrogens (primary N) is 1. The SMILES string of the molecule is [B]c1cnn2c(N)c(Br)c(N3CC4CC3CN4)nc12. The topological polar surface area (TPSA) is 71.5 Å². The predicted octanol–water partition coefficient (Wildman–Crippen LogP) is -0.582. The highest BCUT2D eigenvalue weighted by Gasteiger charge is 2.39. The van der Waals surface area contributed by atoms with Gasteiger partial charge in [-0.3, -0.25) is 0 Å². The van der Waals surface area contributed by atoms with Crippen LogP contribution in [-0.2, 0) is 0 Å². The molecule has 0 aliphatic carbocycles. The Morgan fingerprint density at radius 2 is 2.37 bits per heavy atom. The zero-order valence-corrected chi connectivity index (χ0v) is 11.8. The number of rotatable bonds is 1. The van der Waals surface area contributed by atoms with Crippen molar-refractivity contribution in [3.8, 4) is 0 Å². The van der Waals surface area contributed by atoms with Crippen molar-refractivity contribution in [2.24, 2.45) is 0 Å². The number of hydrogen-bond donors (Lipinski definition) is 2. The van der Waals surface area contributed by atoms with Crippen LogP contribution in [-0.4, -0.2) is 47.6 Å². The first-order valence-electron chi connectivity index (χ1n) is 6.23. The Balaban J connectivity index is 1.89. The number of halogens is 1. The van der Waals surface area contributed by atoms with Crippen molar-refractivity contribution >= 4 is 46.5 Å². The standard InChI is InChI=1S/C11H12BBrN6/c12-7-3-16-19-9(14)8(13)11(17-10(7)19)18-4-5-1-6(18)2-15-5/h3,5-6,15H,1-2,4,14H2. The molecule has 2 atom stereocenters. The average molecular weight is 319 g/mol. The Kier molecular flexibility index (Phi) is 2.35. The minimum absolute atomic E-state index is 0.486. The van der Waals surface area contributed by atoms with Crippen molar-refractivity contribution in [2.45, 2.75) is 18.5 Å². The van der Waals surface area contributed by atoms with Crippen molar-refractivity contribution in [3.05, 3.63) is 10.7 Å². The van der Waals surface area contributed by atoms with Crippen molar-refractivity contribution in [1.82, 2.24) is 19.9 Å². The summed E-state index contributed by atoms with van der Waals surface area (Å²) in [6.45, 7) is 1.96. The van der Waals surface area contributed by atoms with Crippen LogP contribution in [0.15, 0.2) is 10.7 Å². The average Bonchev–Trinajstić information content (AvgIpc) is 3.09. The molecular formula is C11H12BBrN6. The summed E-state index contributed by atoms with van der Waals surface area (Å²) in [5.41, 5.74) is 7.28. The second kappa shape index (κ2) is 3.86. The lowest BCUT2D eigenvalue weighted by Gasteiger charge is -2.29. The molecule has 8 heteroatoms. The zero-order chi connectivity index (χ0) is 13.1. The second-order valence-corrected chi connectivity index (χ2v) is 5.91. The second-order valence-electron chi connectivity index (χ2n) is 5.12. The fourth-order valence-electron chi connectivity index (χ4n) is 3.01. The van der Waals surface area contributed by atoms with E-state index in [2.05, 4.69) is 36.2 Å². The largest absolute Gasteiger partial charge is 0.383 e. The molecule has 19 heavy (non-hydrogen) atoms. The van der Waals surface area contributed by atoms with Gasteiger partial charge in [0.15, 0.2) is 5.65 Å². The quantitative estimate of drug-likeness (QED) is 0.688. The van der Waals surface area contributed by atoms with E-state index in [4.69, 9.17) is 13.6 Å². The van der Waals surface area contributed by atoms with Gasteiger partial charge in [-0.1, -0.05) is 0 Å². The van der Waals surface area contributed by atoms with Gasteiger partial charge in [0.25, 0.3) is 0 Å². The molecule has 2 saturated heterocycles. The third kappa shape index (κ3) is 1.53. The van der Waals surface area contributed by atoms with E-state index in [0.717, 1.165) is 29.8 Å². The van der Waals surface area contributed by atoms with E-state index < -0.39 is 0 Å². The summed E-state index contributed by atoms with van der Waals surface area (Å²) >= 11 is 3.54. The highest BCUT2D eigenvalue weighted by molar-refractivity contribution is 9.10. The fourth-order valence-corrected chi connectivity index (χ4v) is 3.49. The third-order valence-electron chi connectivity index (χ3n) is 3.96. The number of aromatic nitrogens is 3. The summed E-state index contributed by atoms with van der Waals surface area (Å²) in [5.74, 6) is 1.40. The van der Waals surface area contributed by atoms with Gasteiger partial charge in [0.1, 0.15) is 24.0 Å². The molecule has 3 N–H and O–H groups in total. The van der Waals surface area contributed by atoms with Gasteiger partial charge in [-0.05, 0) is 27.8 Å². The maximum Gasteiger partial charge on any atom is 0.152 e. The Labute approximate surface area is 119 Å². The van der Waals surface area contributed by atoms with Crippen LogP contribution < -0.4 is 21.4 Å². The van der Waals surface area contributed by atoms with E-state index in [1.54, 1.807) is 10.7 Å². The van der Waals surface area contributed by atoms with Gasteiger partial charge in [-0.25, -0.2) is 4.98 Å². The van der Waals surface area contributed by atoms with Crippen LogP contribution in [0.25, 0.3) is 5.65 Å². The monoisotopic (exact) mass is 318 g/mol. The van der Waals surface area contributed by atoms with E-state index in [0.29, 0.717) is 29.0 Å². The summed E-state index contributed by atoms with van der Waals surface area (Å²) in [7, 11) is 5.89. The molecule has 2 aromatic rings. The first-order chi connectivity index (χ1) is 9.15. The van der Waals surface area contributed by atoms with Crippen LogP contribution in [0.3, 0.4) is 0 Å². The predicted molar refractivity (Wildman–Crippen MR) is 78.0 cm³/mol. The highest BCUT2D eigenvalue weighted by Crippen LogP contribution is 2.35. The molecule has 0 amide bonds. The molecule has 96 valence electrons. The van der Waals surface area contributed by atoms with E-state index in [1.807, 2.05) is 0 Å². The molecule has 2 bridgehead atoms. The van der Waals surface area contributed by atoms with Crippen molar-refractivity contribution < 1.29 is 0 Å². The van der Waals surface area contributed by atoms with Gasteiger partial charge >= 0.3 is 0 Å². The summed E-state index contributed by atoms with van der Waals surface area (Å²) in [6, 6.07) is 1.04. The van der Waals surface area contributed by atoms with Crippen molar-refractivity contribution in [2.75, 3.05) is 23.7 Å². The Bertz CT molecular complexity index is 671. The van der Waals surface area contributed by atoms with Crippen LogP contribution in [0.2, 0.25) is 0 Å². The lowest BCUT2D eigenvalue weighted by atomic mass is 10.0. The number of hydrogen-bond acceptors (Lipinski definition) is 5. The molecule has 0 aromatic carbocycles. The summed E-state index contributed by atoms with van der Waals surface area (Å²) in [5, 5.41) is 7.61. The summed E-state index contributed by atoms with van der Waals surface area (Å²) in [6.07, 6.45) is 2.74. The number of nitrogen functional groups attached to an aromatic ring is 1. The van der Waals surface area contributed by atoms with Gasteiger partial charge in [0, 0.05) is 31.4 Å². The van der Waals surface area contributed by atoms with E-state index in [1.165, 1.54) is 0 Å². The fraction of sp³-hybridized carbons (Fsp3) is 0.455. The molecule has 2 radical (unpaired) electrons. The first kappa shape index (κ1) is 11.5. The zero-order valence-electron chi connectivity index (χ0n) is 10.2. The molecular weight excluding hydrogens is 307 g/mol. The van der Waals surface area contributed by atoms with Gasteiger partial charge in [-0.15, -0.1) is 0 Å². The molecule has 0 spiro atoms. The molecule has 6 nitrogen and oxygen atoms in total. The maximum atomic E-state index is 6.11. The van der Waals surface area contributed by atoms with E-state index >= 15 is 0 Å². The van der Waals surface area contributed by atoms with Crippen LogP contribution >= 0.6 is 15.9 Å². The first-order valence-corrected chi connectivity index (χ1v) is 7.02. The Hall–Kier alpha value is -1.28. The van der Waals surface area contributed by atoms with Crippen molar-refractivity contribution in [3.63, 3.8) is 0 Å². The maximum absolute atomic E-state index is 6.11. The van der Waals surface area contributed by atoms with Gasteiger partial charge in [-0.2, -0.15) is 9.61 Å². The highest BCUT2D eigenvalue weighted by atomic mass is 79.9. The normalized spacial score (nSPS) is 25.6. The van der Waals surface area contributed by atoms with Crippen LogP contribution in [0.1, 0.15) is 6.42 Å². The molecule has 4 rings (SSSR count). The number of nitrogens with zero attached hydrogens (tertiary/aromatic N) is 4. The molecule has 4 heterocycles. The number of nitrogens with one attached hydrogen (secondary N) is 1. The number of fused-ring (bicyclic) bond motifs is 3. The van der Waals surface area contributed by atoms with Crippen LogP contribution in [0, 0.1) is 0 Å². The van der Waals surface area contributed by atoms with Crippen LogP contribution in [0.5, 0.6) is 0 Å². The smallest absolute Gasteiger partial charge is 0.152 e. The molecule has 2 aliphatic rings. The Morgan fingerprint density at radius 3 is 3.05 bits per heavy atom. The van der Waals surface area contributed by atoms with Crippen LogP contribution in [0.4, 0.5) is 11.6 Å². The molecule has 2 aromatic heterocycles. The summed E-state index contributed by atoms with van der Waals surface area (Å²) < 4.78 is 2.35. The van der Waals surface area contributed by atoms with Crippen molar-refractivity contribution in [1.29, 1.82) is 0 Å². The molecule has 0 saturated carbocycles. The van der Waals surface area contributed by atoms with E-state index in [9.17, 15) is 0 Å². The minimum Gasteiger partial charge on any atom is -0.383 e.